The van der Waals surface area contributed by atoms with Crippen LogP contribution in [0.25, 0.3) is 11.3 Å². The van der Waals surface area contributed by atoms with Crippen LogP contribution in [0.3, 0.4) is 0 Å². The normalized spacial score (nSPS) is 10.8. The number of nitrogens with zero attached hydrogens (tertiary/aromatic N) is 3. The summed E-state index contributed by atoms with van der Waals surface area (Å²) < 4.78 is 16.1. The van der Waals surface area contributed by atoms with Crippen LogP contribution >= 0.6 is 11.7 Å². The lowest BCUT2D eigenvalue weighted by Gasteiger charge is -2.06. The second-order valence-electron chi connectivity index (χ2n) is 4.38. The van der Waals surface area contributed by atoms with Crippen molar-refractivity contribution < 1.29 is 9.30 Å². The van der Waals surface area contributed by atoms with Gasteiger partial charge in [0, 0.05) is 6.07 Å². The fraction of sp³-hybridized carbons (Fsp3) is 0.417. The van der Waals surface area contributed by atoms with Gasteiger partial charge in [-0.1, -0.05) is 13.8 Å². The average molecular weight is 250 g/mol. The van der Waals surface area contributed by atoms with Gasteiger partial charge in [-0.2, -0.15) is 4.37 Å². The van der Waals surface area contributed by atoms with Gasteiger partial charge in [0.25, 0.3) is 5.88 Å². The Labute approximate surface area is 105 Å². The molecule has 0 atom stereocenters. The van der Waals surface area contributed by atoms with Crippen LogP contribution in [0.1, 0.15) is 13.8 Å². The molecule has 2 aromatic rings. The Balaban J connectivity index is 2.24. The zero-order valence-electron chi connectivity index (χ0n) is 10.3. The fourth-order valence-electron chi connectivity index (χ4n) is 1.43. The molecule has 4 nitrogen and oxygen atoms in total. The molecule has 0 saturated carbocycles. The minimum absolute atomic E-state index is 0.483. The number of pyridine rings is 1. The number of ether oxygens (including phenoxy) is 1. The van der Waals surface area contributed by atoms with Gasteiger partial charge in [-0.25, -0.2) is 4.57 Å². The number of aryl methyl sites for hydroxylation is 1. The lowest BCUT2D eigenvalue weighted by molar-refractivity contribution is -0.671. The van der Waals surface area contributed by atoms with Crippen molar-refractivity contribution in [2.75, 3.05) is 6.61 Å². The van der Waals surface area contributed by atoms with Gasteiger partial charge in [0.2, 0.25) is 0 Å². The minimum atomic E-state index is 0.483. The molecule has 0 unspecified atom stereocenters. The maximum atomic E-state index is 5.66. The van der Waals surface area contributed by atoms with Crippen molar-refractivity contribution in [3.8, 4) is 17.1 Å². The summed E-state index contributed by atoms with van der Waals surface area (Å²) in [6.45, 7) is 4.89. The van der Waals surface area contributed by atoms with Crippen molar-refractivity contribution >= 4 is 11.7 Å². The molecule has 0 radical (unpaired) electrons. The Hall–Kier alpha value is -1.49. The molecule has 0 aliphatic heterocycles. The van der Waals surface area contributed by atoms with Crippen molar-refractivity contribution in [2.45, 2.75) is 13.8 Å². The topological polar surface area (TPSA) is 38.9 Å². The molecular formula is C12H16N3OS+. The molecule has 0 bridgehead atoms. The first-order valence-corrected chi connectivity index (χ1v) is 6.31. The Bertz CT molecular complexity index is 496. The fourth-order valence-corrected chi connectivity index (χ4v) is 1.94. The monoisotopic (exact) mass is 250 g/mol. The van der Waals surface area contributed by atoms with E-state index < -0.39 is 0 Å². The zero-order chi connectivity index (χ0) is 12.3. The van der Waals surface area contributed by atoms with E-state index in [0.717, 1.165) is 11.3 Å². The van der Waals surface area contributed by atoms with Crippen LogP contribution in [0.2, 0.25) is 0 Å². The summed E-state index contributed by atoms with van der Waals surface area (Å²) in [5, 5.41) is 0. The molecule has 5 heteroatoms. The molecule has 0 spiro atoms. The number of rotatable bonds is 4. The number of hydrogen-bond acceptors (Lipinski definition) is 4. The molecule has 2 aromatic heterocycles. The maximum Gasteiger partial charge on any atom is 0.254 e. The van der Waals surface area contributed by atoms with Crippen molar-refractivity contribution in [1.82, 2.24) is 8.75 Å². The molecule has 0 amide bonds. The summed E-state index contributed by atoms with van der Waals surface area (Å²) >= 11 is 1.18. The highest BCUT2D eigenvalue weighted by Gasteiger charge is 2.14. The van der Waals surface area contributed by atoms with Gasteiger partial charge >= 0.3 is 0 Å². The average Bonchev–Trinajstić information content (AvgIpc) is 2.74. The first kappa shape index (κ1) is 12.0. The van der Waals surface area contributed by atoms with Gasteiger partial charge in [-0.3, -0.25) is 0 Å². The summed E-state index contributed by atoms with van der Waals surface area (Å²) in [7, 11) is 1.98. The summed E-state index contributed by atoms with van der Waals surface area (Å²) in [6, 6.07) is 4.00. The predicted molar refractivity (Wildman–Crippen MR) is 66.9 cm³/mol. The highest BCUT2D eigenvalue weighted by atomic mass is 32.1. The molecule has 0 aromatic carbocycles. The summed E-state index contributed by atoms with van der Waals surface area (Å²) in [5.74, 6) is 1.12. The number of aromatic nitrogens is 3. The van der Waals surface area contributed by atoms with E-state index in [4.69, 9.17) is 4.74 Å². The Morgan fingerprint density at radius 1 is 1.41 bits per heavy atom. The zero-order valence-corrected chi connectivity index (χ0v) is 11.1. The van der Waals surface area contributed by atoms with Crippen LogP contribution in [0.4, 0.5) is 0 Å². The van der Waals surface area contributed by atoms with Crippen molar-refractivity contribution in [3.05, 3.63) is 24.5 Å². The van der Waals surface area contributed by atoms with Gasteiger partial charge in [0.1, 0.15) is 7.05 Å². The summed E-state index contributed by atoms with van der Waals surface area (Å²) in [4.78, 5) is 0. The molecule has 0 aliphatic rings. The van der Waals surface area contributed by atoms with E-state index in [1.165, 1.54) is 11.7 Å². The molecule has 0 saturated heterocycles. The number of hydrogen-bond donors (Lipinski definition) is 0. The summed E-state index contributed by atoms with van der Waals surface area (Å²) in [5.41, 5.74) is 1.86. The van der Waals surface area contributed by atoms with Crippen molar-refractivity contribution in [3.63, 3.8) is 0 Å². The second-order valence-corrected chi connectivity index (χ2v) is 4.91. The highest BCUT2D eigenvalue weighted by Crippen LogP contribution is 2.26. The van der Waals surface area contributed by atoms with E-state index >= 15 is 0 Å². The van der Waals surface area contributed by atoms with E-state index in [2.05, 4.69) is 22.6 Å². The largest absolute Gasteiger partial charge is 0.475 e. The van der Waals surface area contributed by atoms with E-state index in [-0.39, 0.29) is 0 Å². The van der Waals surface area contributed by atoms with E-state index in [1.54, 1.807) is 0 Å². The van der Waals surface area contributed by atoms with Gasteiger partial charge < -0.3 is 4.74 Å². The molecular weight excluding hydrogens is 234 g/mol. The Morgan fingerprint density at radius 2 is 2.24 bits per heavy atom. The maximum absolute atomic E-state index is 5.66. The second kappa shape index (κ2) is 5.23. The van der Waals surface area contributed by atoms with Crippen LogP contribution in [0.5, 0.6) is 5.88 Å². The Morgan fingerprint density at radius 3 is 2.94 bits per heavy atom. The third kappa shape index (κ3) is 3.00. The standard InChI is InChI=1S/C12H16N3OS/c1-9(2)8-16-12-11(13-17-14-12)10-5-4-6-15(3)7-10/h4-7,9H,8H2,1-3H3/q+1. The molecule has 90 valence electrons. The molecule has 0 fully saturated rings. The van der Waals surface area contributed by atoms with Crippen molar-refractivity contribution in [1.29, 1.82) is 0 Å². The van der Waals surface area contributed by atoms with Crippen LogP contribution in [0.15, 0.2) is 24.5 Å². The highest BCUT2D eigenvalue weighted by molar-refractivity contribution is 6.99. The lowest BCUT2D eigenvalue weighted by Crippen LogP contribution is -2.26. The third-order valence-electron chi connectivity index (χ3n) is 2.22. The van der Waals surface area contributed by atoms with Gasteiger partial charge in [-0.15, -0.1) is 4.37 Å². The molecule has 0 N–H and O–H groups in total. The SMILES string of the molecule is CC(C)COc1nsnc1-c1ccc[n+](C)c1. The molecule has 2 heterocycles. The van der Waals surface area contributed by atoms with E-state index in [1.807, 2.05) is 36.1 Å². The van der Waals surface area contributed by atoms with Crippen LogP contribution < -0.4 is 9.30 Å². The van der Waals surface area contributed by atoms with Crippen LogP contribution in [-0.2, 0) is 7.05 Å². The van der Waals surface area contributed by atoms with Gasteiger partial charge in [0.05, 0.1) is 23.9 Å². The van der Waals surface area contributed by atoms with Crippen molar-refractivity contribution in [2.24, 2.45) is 13.0 Å². The Kier molecular flexibility index (Phi) is 3.68. The molecule has 2 rings (SSSR count). The van der Waals surface area contributed by atoms with E-state index in [9.17, 15) is 0 Å². The summed E-state index contributed by atoms with van der Waals surface area (Å²) in [6.07, 6.45) is 4.00. The van der Waals surface area contributed by atoms with Gasteiger partial charge in [0.15, 0.2) is 18.1 Å². The molecule has 17 heavy (non-hydrogen) atoms. The third-order valence-corrected chi connectivity index (χ3v) is 2.74. The quantitative estimate of drug-likeness (QED) is 0.780. The molecule has 0 aliphatic carbocycles. The first-order chi connectivity index (χ1) is 8.16. The van der Waals surface area contributed by atoms with Crippen LogP contribution in [-0.4, -0.2) is 15.4 Å². The van der Waals surface area contributed by atoms with E-state index in [0.29, 0.717) is 18.4 Å². The first-order valence-electron chi connectivity index (χ1n) is 5.58. The van der Waals surface area contributed by atoms with Gasteiger partial charge in [-0.05, 0) is 12.0 Å². The predicted octanol–water partition coefficient (Wildman–Crippen LogP) is 2.06. The smallest absolute Gasteiger partial charge is 0.254 e. The van der Waals surface area contributed by atoms with Crippen LogP contribution in [0, 0.1) is 5.92 Å². The lowest BCUT2D eigenvalue weighted by atomic mass is 10.2. The minimum Gasteiger partial charge on any atom is -0.475 e.